The van der Waals surface area contributed by atoms with Crippen LogP contribution in [0.4, 0.5) is 0 Å². The zero-order chi connectivity index (χ0) is 12.9. The maximum absolute atomic E-state index is 11.9. The second kappa shape index (κ2) is 3.68. The highest BCUT2D eigenvalue weighted by molar-refractivity contribution is 6.12. The minimum Gasteiger partial charge on any atom is -0.507 e. The molecule has 2 aromatic rings. The SMILES string of the molecule is Cc1ccc2cc3c(c(O)c2c1)C(=O)C(O)C=C3. The van der Waals surface area contributed by atoms with E-state index in [1.54, 1.807) is 6.08 Å². The number of phenolic OH excluding ortho intramolecular Hbond substituents is 1. The van der Waals surface area contributed by atoms with E-state index in [4.69, 9.17) is 0 Å². The van der Waals surface area contributed by atoms with Gasteiger partial charge in [0.05, 0.1) is 5.56 Å². The van der Waals surface area contributed by atoms with Gasteiger partial charge in [0.2, 0.25) is 0 Å². The highest BCUT2D eigenvalue weighted by Crippen LogP contribution is 2.35. The molecule has 0 bridgehead atoms. The number of hydrogen-bond donors (Lipinski definition) is 2. The molecule has 0 aliphatic heterocycles. The van der Waals surface area contributed by atoms with Crippen molar-refractivity contribution in [3.05, 3.63) is 47.0 Å². The van der Waals surface area contributed by atoms with E-state index in [0.717, 1.165) is 10.9 Å². The third kappa shape index (κ3) is 1.45. The van der Waals surface area contributed by atoms with Crippen LogP contribution in [0.25, 0.3) is 16.8 Å². The number of carbonyl (C=O) groups excluding carboxylic acids is 1. The lowest BCUT2D eigenvalue weighted by Crippen LogP contribution is -2.21. The van der Waals surface area contributed by atoms with E-state index in [9.17, 15) is 15.0 Å². The number of aliphatic hydroxyl groups is 1. The van der Waals surface area contributed by atoms with Gasteiger partial charge in [-0.05, 0) is 36.1 Å². The number of fused-ring (bicyclic) bond motifs is 2. The molecule has 0 radical (unpaired) electrons. The van der Waals surface area contributed by atoms with Crippen LogP contribution in [0.15, 0.2) is 30.3 Å². The smallest absolute Gasteiger partial charge is 0.199 e. The molecule has 1 atom stereocenters. The molecular formula is C15H12O3. The van der Waals surface area contributed by atoms with Crippen LogP contribution in [0, 0.1) is 6.92 Å². The number of benzene rings is 2. The van der Waals surface area contributed by atoms with Gasteiger partial charge in [0.15, 0.2) is 5.78 Å². The number of ketones is 1. The monoisotopic (exact) mass is 240 g/mol. The van der Waals surface area contributed by atoms with Gasteiger partial charge in [-0.1, -0.05) is 23.8 Å². The van der Waals surface area contributed by atoms with E-state index >= 15 is 0 Å². The Labute approximate surface area is 104 Å². The third-order valence-corrected chi connectivity index (χ3v) is 3.27. The van der Waals surface area contributed by atoms with E-state index in [1.807, 2.05) is 31.2 Å². The van der Waals surface area contributed by atoms with Crippen LogP contribution in [-0.4, -0.2) is 22.1 Å². The fourth-order valence-electron chi connectivity index (χ4n) is 2.33. The van der Waals surface area contributed by atoms with Crippen LogP contribution in [0.3, 0.4) is 0 Å². The van der Waals surface area contributed by atoms with Gasteiger partial charge in [-0.15, -0.1) is 0 Å². The molecule has 0 saturated heterocycles. The number of hydrogen-bond acceptors (Lipinski definition) is 3. The van der Waals surface area contributed by atoms with Gasteiger partial charge in [-0.3, -0.25) is 4.79 Å². The van der Waals surface area contributed by atoms with E-state index in [-0.39, 0.29) is 11.3 Å². The summed E-state index contributed by atoms with van der Waals surface area (Å²) in [6, 6.07) is 7.55. The predicted octanol–water partition coefficient (Wildman–Crippen LogP) is 2.42. The highest BCUT2D eigenvalue weighted by atomic mass is 16.3. The lowest BCUT2D eigenvalue weighted by atomic mass is 9.90. The van der Waals surface area contributed by atoms with Crippen LogP contribution in [-0.2, 0) is 0 Å². The normalized spacial score (nSPS) is 18.1. The molecule has 18 heavy (non-hydrogen) atoms. The molecule has 1 aliphatic carbocycles. The lowest BCUT2D eigenvalue weighted by molar-refractivity contribution is 0.0815. The molecule has 3 nitrogen and oxygen atoms in total. The molecule has 90 valence electrons. The largest absolute Gasteiger partial charge is 0.507 e. The molecule has 2 aromatic carbocycles. The molecule has 1 unspecified atom stereocenters. The number of aliphatic hydroxyl groups excluding tert-OH is 1. The van der Waals surface area contributed by atoms with Gasteiger partial charge in [0.1, 0.15) is 11.9 Å². The Bertz CT molecular complexity index is 698. The molecule has 0 aromatic heterocycles. The molecule has 3 rings (SSSR count). The first kappa shape index (κ1) is 11.0. The standard InChI is InChI=1S/C15H12O3/c1-8-2-3-9-7-10-4-5-12(16)15(18)13(10)14(17)11(9)6-8/h2-7,12,16-17H,1H3. The number of carbonyl (C=O) groups is 1. The van der Waals surface area contributed by atoms with Gasteiger partial charge in [-0.25, -0.2) is 0 Å². The Hall–Kier alpha value is -2.13. The van der Waals surface area contributed by atoms with Crippen molar-refractivity contribution in [2.75, 3.05) is 0 Å². The molecule has 0 heterocycles. The summed E-state index contributed by atoms with van der Waals surface area (Å²) in [5.41, 5.74) is 1.87. The summed E-state index contributed by atoms with van der Waals surface area (Å²) in [6.07, 6.45) is 1.94. The Morgan fingerprint density at radius 1 is 1.22 bits per heavy atom. The Morgan fingerprint density at radius 3 is 2.78 bits per heavy atom. The second-order valence-electron chi connectivity index (χ2n) is 4.58. The van der Waals surface area contributed by atoms with Crippen molar-refractivity contribution in [1.82, 2.24) is 0 Å². The summed E-state index contributed by atoms with van der Waals surface area (Å²) in [5.74, 6) is -0.493. The summed E-state index contributed by atoms with van der Waals surface area (Å²) >= 11 is 0. The summed E-state index contributed by atoms with van der Waals surface area (Å²) in [7, 11) is 0. The minimum atomic E-state index is -1.16. The first-order valence-electron chi connectivity index (χ1n) is 5.75. The maximum Gasteiger partial charge on any atom is 0.199 e. The fourth-order valence-corrected chi connectivity index (χ4v) is 2.33. The van der Waals surface area contributed by atoms with Crippen molar-refractivity contribution >= 4 is 22.6 Å². The van der Waals surface area contributed by atoms with E-state index in [0.29, 0.717) is 10.9 Å². The van der Waals surface area contributed by atoms with Gasteiger partial charge in [-0.2, -0.15) is 0 Å². The summed E-state index contributed by atoms with van der Waals surface area (Å²) in [5, 5.41) is 21.3. The fraction of sp³-hybridized carbons (Fsp3) is 0.133. The zero-order valence-corrected chi connectivity index (χ0v) is 9.84. The summed E-state index contributed by atoms with van der Waals surface area (Å²) in [6.45, 7) is 1.93. The lowest BCUT2D eigenvalue weighted by Gasteiger charge is -2.17. The minimum absolute atomic E-state index is 0.0420. The van der Waals surface area contributed by atoms with Crippen molar-refractivity contribution in [1.29, 1.82) is 0 Å². The van der Waals surface area contributed by atoms with Crippen LogP contribution >= 0.6 is 0 Å². The quantitative estimate of drug-likeness (QED) is 0.743. The van der Waals surface area contributed by atoms with Gasteiger partial charge < -0.3 is 10.2 Å². The first-order valence-corrected chi connectivity index (χ1v) is 5.75. The topological polar surface area (TPSA) is 57.5 Å². The van der Waals surface area contributed by atoms with E-state index in [1.165, 1.54) is 6.08 Å². The number of Topliss-reactive ketones (excluding diaryl/α,β-unsaturated/α-hetero) is 1. The van der Waals surface area contributed by atoms with E-state index in [2.05, 4.69) is 0 Å². The molecule has 2 N–H and O–H groups in total. The van der Waals surface area contributed by atoms with E-state index < -0.39 is 11.9 Å². The van der Waals surface area contributed by atoms with Crippen molar-refractivity contribution in [3.63, 3.8) is 0 Å². The molecule has 3 heteroatoms. The average molecular weight is 240 g/mol. The highest BCUT2D eigenvalue weighted by Gasteiger charge is 2.26. The maximum atomic E-state index is 11.9. The van der Waals surface area contributed by atoms with Crippen molar-refractivity contribution in [3.8, 4) is 5.75 Å². The Morgan fingerprint density at radius 2 is 2.00 bits per heavy atom. The summed E-state index contributed by atoms with van der Waals surface area (Å²) in [4.78, 5) is 11.9. The Balaban J connectivity index is 2.41. The summed E-state index contributed by atoms with van der Waals surface area (Å²) < 4.78 is 0. The molecule has 1 aliphatic rings. The predicted molar refractivity (Wildman–Crippen MR) is 69.7 cm³/mol. The molecule has 0 spiro atoms. The Kier molecular flexibility index (Phi) is 2.25. The molecule has 0 amide bonds. The molecule has 0 fully saturated rings. The first-order chi connectivity index (χ1) is 8.58. The number of aryl methyl sites for hydroxylation is 1. The van der Waals surface area contributed by atoms with Gasteiger partial charge >= 0.3 is 0 Å². The average Bonchev–Trinajstić information content (AvgIpc) is 2.35. The second-order valence-corrected chi connectivity index (χ2v) is 4.58. The number of aromatic hydroxyl groups is 1. The van der Waals surface area contributed by atoms with Crippen LogP contribution in [0.1, 0.15) is 21.5 Å². The van der Waals surface area contributed by atoms with Crippen LogP contribution in [0.5, 0.6) is 5.75 Å². The zero-order valence-electron chi connectivity index (χ0n) is 9.84. The van der Waals surface area contributed by atoms with Crippen molar-refractivity contribution in [2.45, 2.75) is 13.0 Å². The molecular weight excluding hydrogens is 228 g/mol. The van der Waals surface area contributed by atoms with Gasteiger partial charge in [0, 0.05) is 5.39 Å². The van der Waals surface area contributed by atoms with Crippen molar-refractivity contribution in [2.24, 2.45) is 0 Å². The van der Waals surface area contributed by atoms with Crippen molar-refractivity contribution < 1.29 is 15.0 Å². The van der Waals surface area contributed by atoms with Crippen LogP contribution in [0.2, 0.25) is 0 Å². The number of phenols is 1. The molecule has 0 saturated carbocycles. The number of rotatable bonds is 0. The van der Waals surface area contributed by atoms with Gasteiger partial charge in [0.25, 0.3) is 0 Å². The third-order valence-electron chi connectivity index (χ3n) is 3.27. The van der Waals surface area contributed by atoms with Crippen LogP contribution < -0.4 is 0 Å².